The second-order valence-corrected chi connectivity index (χ2v) is 19.1. The molecule has 0 aromatic rings. The highest BCUT2D eigenvalue weighted by Crippen LogP contribution is 2.77. The van der Waals surface area contributed by atoms with Gasteiger partial charge in [-0.15, -0.1) is 0 Å². The number of ether oxygens (including phenoxy) is 2. The molecule has 5 aliphatic carbocycles. The van der Waals surface area contributed by atoms with Crippen molar-refractivity contribution in [1.29, 1.82) is 0 Å². The number of carbonyl (C=O) groups excluding carboxylic acids is 4. The van der Waals surface area contributed by atoms with E-state index in [1.165, 1.54) is 31.3 Å². The number of hydrogen-bond acceptors (Lipinski definition) is 6. The summed E-state index contributed by atoms with van der Waals surface area (Å²) in [5.74, 6) is 2.19. The lowest BCUT2D eigenvalue weighted by atomic mass is 9.32. The minimum absolute atomic E-state index is 0.00956. The van der Waals surface area contributed by atoms with Crippen LogP contribution in [0.3, 0.4) is 0 Å². The third-order valence-electron chi connectivity index (χ3n) is 16.3. The van der Waals surface area contributed by atoms with Gasteiger partial charge in [-0.2, -0.15) is 0 Å². The number of esters is 2. The van der Waals surface area contributed by atoms with Crippen LogP contribution in [-0.2, 0) is 28.7 Å². The van der Waals surface area contributed by atoms with Gasteiger partial charge >= 0.3 is 11.9 Å². The molecule has 5 rings (SSSR count). The molecule has 5 fully saturated rings. The molecule has 0 saturated heterocycles. The van der Waals surface area contributed by atoms with Gasteiger partial charge in [0.2, 0.25) is 11.8 Å². The number of rotatable bonds is 14. The minimum atomic E-state index is -0.316. The average molecular weight is 725 g/mol. The summed E-state index contributed by atoms with van der Waals surface area (Å²) in [6.07, 6.45) is 15.2. The van der Waals surface area contributed by atoms with E-state index in [9.17, 15) is 19.2 Å². The first kappa shape index (κ1) is 40.8. The molecular weight excluding hydrogens is 652 g/mol. The van der Waals surface area contributed by atoms with E-state index >= 15 is 0 Å². The Morgan fingerprint density at radius 1 is 0.731 bits per heavy atom. The Labute approximate surface area is 315 Å². The molecule has 294 valence electrons. The first-order valence-corrected chi connectivity index (χ1v) is 21.0. The lowest BCUT2D eigenvalue weighted by molar-refractivity contribution is -0.248. The molecule has 5 aliphatic rings. The summed E-state index contributed by atoms with van der Waals surface area (Å²) < 4.78 is 10.9. The van der Waals surface area contributed by atoms with Crippen LogP contribution in [0.25, 0.3) is 0 Å². The van der Waals surface area contributed by atoms with Crippen molar-refractivity contribution in [2.24, 2.45) is 56.7 Å². The van der Waals surface area contributed by atoms with E-state index in [-0.39, 0.29) is 63.4 Å². The van der Waals surface area contributed by atoms with Crippen LogP contribution in [-0.4, -0.2) is 49.6 Å². The van der Waals surface area contributed by atoms with Gasteiger partial charge < -0.3 is 20.1 Å². The summed E-state index contributed by atoms with van der Waals surface area (Å²) in [5.41, 5.74) is 1.47. The number of amides is 2. The van der Waals surface area contributed by atoms with Crippen LogP contribution < -0.4 is 10.6 Å². The van der Waals surface area contributed by atoms with Gasteiger partial charge in [0, 0.05) is 31.8 Å². The Kier molecular flexibility index (Phi) is 12.4. The summed E-state index contributed by atoms with van der Waals surface area (Å²) in [6, 6.07) is 0. The van der Waals surface area contributed by atoms with Crippen LogP contribution in [0.1, 0.15) is 158 Å². The summed E-state index contributed by atoms with van der Waals surface area (Å²) in [4.78, 5) is 50.1. The molecule has 0 radical (unpaired) electrons. The Hall–Kier alpha value is -2.38. The summed E-state index contributed by atoms with van der Waals surface area (Å²) in [5, 5.41) is 6.24. The van der Waals surface area contributed by atoms with Gasteiger partial charge in [0.15, 0.2) is 0 Å². The highest BCUT2D eigenvalue weighted by atomic mass is 16.5. The molecule has 0 spiro atoms. The molecule has 5 saturated carbocycles. The predicted octanol–water partition coefficient (Wildman–Crippen LogP) is 8.71. The molecule has 0 bridgehead atoms. The Bertz CT molecular complexity index is 1360. The molecule has 0 heterocycles. The summed E-state index contributed by atoms with van der Waals surface area (Å²) in [7, 11) is 0. The molecule has 0 unspecified atom stereocenters. The lowest BCUT2D eigenvalue weighted by Gasteiger charge is -2.72. The van der Waals surface area contributed by atoms with Gasteiger partial charge in [-0.05, 0) is 137 Å². The van der Waals surface area contributed by atoms with Crippen molar-refractivity contribution in [2.45, 2.75) is 164 Å². The number of fused-ring (bicyclic) bond motifs is 7. The number of nitrogens with one attached hydrogen (secondary N) is 2. The number of carbonyl (C=O) groups is 4. The van der Waals surface area contributed by atoms with Crippen molar-refractivity contribution >= 4 is 23.8 Å². The molecular formula is C44H72N2O6. The van der Waals surface area contributed by atoms with Gasteiger partial charge in [0.25, 0.3) is 0 Å². The average Bonchev–Trinajstić information content (AvgIpc) is 3.47. The monoisotopic (exact) mass is 725 g/mol. The molecule has 2 amide bonds. The van der Waals surface area contributed by atoms with Crippen LogP contribution in [0.15, 0.2) is 12.2 Å². The van der Waals surface area contributed by atoms with Gasteiger partial charge in [0.05, 0.1) is 18.4 Å². The van der Waals surface area contributed by atoms with E-state index in [1.807, 2.05) is 0 Å². The molecule has 52 heavy (non-hydrogen) atoms. The lowest BCUT2D eigenvalue weighted by Crippen LogP contribution is -2.67. The second-order valence-electron chi connectivity index (χ2n) is 19.1. The Balaban J connectivity index is 1.21. The van der Waals surface area contributed by atoms with Crippen molar-refractivity contribution in [2.75, 3.05) is 19.7 Å². The quantitative estimate of drug-likeness (QED) is 0.105. The van der Waals surface area contributed by atoms with Crippen LogP contribution in [0.2, 0.25) is 0 Å². The summed E-state index contributed by atoms with van der Waals surface area (Å²) in [6.45, 7) is 24.0. The zero-order valence-electron chi connectivity index (χ0n) is 34.1. The van der Waals surface area contributed by atoms with Crippen LogP contribution in [0.4, 0.5) is 0 Å². The predicted molar refractivity (Wildman–Crippen MR) is 205 cm³/mol. The van der Waals surface area contributed by atoms with Crippen molar-refractivity contribution in [3.05, 3.63) is 12.2 Å². The smallest absolute Gasteiger partial charge is 0.307 e. The van der Waals surface area contributed by atoms with Crippen LogP contribution in [0.5, 0.6) is 0 Å². The van der Waals surface area contributed by atoms with Crippen molar-refractivity contribution in [1.82, 2.24) is 10.6 Å². The fourth-order valence-corrected chi connectivity index (χ4v) is 13.7. The number of allylic oxidation sites excluding steroid dienone is 1. The first-order chi connectivity index (χ1) is 24.5. The highest BCUT2D eigenvalue weighted by molar-refractivity contribution is 5.84. The maximum absolute atomic E-state index is 14.4. The van der Waals surface area contributed by atoms with Gasteiger partial charge in [-0.25, -0.2) is 0 Å². The third-order valence-corrected chi connectivity index (χ3v) is 16.3. The first-order valence-electron chi connectivity index (χ1n) is 21.0. The van der Waals surface area contributed by atoms with Crippen molar-refractivity contribution < 1.29 is 28.7 Å². The second kappa shape index (κ2) is 15.8. The highest BCUT2D eigenvalue weighted by Gasteiger charge is 2.72. The van der Waals surface area contributed by atoms with Crippen LogP contribution in [0, 0.1) is 56.7 Å². The SMILES string of the molecule is C=C(C)[C@@H]1CC[C@]2(C(=O)NCCCCCCC(=O)NCCC(=O)OCC)CC[C@]3(C)[C@H](CC[C@@H]4[C@@]5(C)CC[C@H](OC(C)=O)C(C)(C)[C@@H]5CC[C@]43C)[C@@H]12. The number of unbranched alkanes of at least 4 members (excludes halogenated alkanes) is 3. The molecule has 0 aromatic heterocycles. The third kappa shape index (κ3) is 7.23. The Morgan fingerprint density at radius 3 is 2.15 bits per heavy atom. The molecule has 8 nitrogen and oxygen atoms in total. The van der Waals surface area contributed by atoms with E-state index in [0.29, 0.717) is 55.7 Å². The fourth-order valence-electron chi connectivity index (χ4n) is 13.7. The molecule has 8 heteroatoms. The standard InChI is InChI=1S/C44H72N2O6/c1-10-51-37(49)21-28-45-36(48)15-13-11-12-14-27-46-39(50)44-24-18-31(29(2)3)38(44)32-16-17-34-41(7)22-20-35(52-30(4)47)40(5,6)33(41)19-23-43(34,9)42(32,8)25-26-44/h31-35,38H,2,10-28H2,1,3-9H3,(H,45,48)(H,46,50)/t31-,32+,33-,34+,35-,38+,41-,42+,43+,44-/m0/s1. The largest absolute Gasteiger partial charge is 0.466 e. The normalized spacial score (nSPS) is 38.8. The molecule has 0 aliphatic heterocycles. The van der Waals surface area contributed by atoms with Gasteiger partial charge in [-0.1, -0.05) is 59.6 Å². The van der Waals surface area contributed by atoms with E-state index in [4.69, 9.17) is 9.47 Å². The fraction of sp³-hybridized carbons (Fsp3) is 0.864. The van der Waals surface area contributed by atoms with Crippen molar-refractivity contribution in [3.8, 4) is 0 Å². The maximum atomic E-state index is 14.4. The van der Waals surface area contributed by atoms with Crippen molar-refractivity contribution in [3.63, 3.8) is 0 Å². The Morgan fingerprint density at radius 2 is 1.46 bits per heavy atom. The van der Waals surface area contributed by atoms with E-state index in [1.54, 1.807) is 13.8 Å². The molecule has 10 atom stereocenters. The van der Waals surface area contributed by atoms with Gasteiger partial charge in [-0.3, -0.25) is 19.2 Å². The van der Waals surface area contributed by atoms with E-state index < -0.39 is 0 Å². The summed E-state index contributed by atoms with van der Waals surface area (Å²) >= 11 is 0. The maximum Gasteiger partial charge on any atom is 0.307 e. The minimum Gasteiger partial charge on any atom is -0.466 e. The molecule has 0 aromatic carbocycles. The number of hydrogen-bond donors (Lipinski definition) is 2. The van der Waals surface area contributed by atoms with E-state index in [2.05, 4.69) is 58.8 Å². The van der Waals surface area contributed by atoms with Gasteiger partial charge in [0.1, 0.15) is 6.10 Å². The van der Waals surface area contributed by atoms with E-state index in [0.717, 1.165) is 64.2 Å². The molecule has 2 N–H and O–H groups in total. The van der Waals surface area contributed by atoms with Crippen LogP contribution >= 0.6 is 0 Å². The topological polar surface area (TPSA) is 111 Å². The zero-order chi connectivity index (χ0) is 38.1. The zero-order valence-corrected chi connectivity index (χ0v) is 34.1.